The van der Waals surface area contributed by atoms with E-state index in [0.29, 0.717) is 16.8 Å². The van der Waals surface area contributed by atoms with Crippen LogP contribution in [0.15, 0.2) is 78.6 Å². The summed E-state index contributed by atoms with van der Waals surface area (Å²) in [5.41, 5.74) is 7.02. The molecule has 0 saturated heterocycles. The molecule has 0 spiro atoms. The summed E-state index contributed by atoms with van der Waals surface area (Å²) in [4.78, 5) is 29.6. The van der Waals surface area contributed by atoms with Crippen LogP contribution in [0, 0.1) is 0 Å². The van der Waals surface area contributed by atoms with Crippen molar-refractivity contribution in [3.63, 3.8) is 0 Å². The fourth-order valence-electron chi connectivity index (χ4n) is 2.60. The number of thiophene rings is 1. The van der Waals surface area contributed by atoms with Crippen molar-refractivity contribution in [1.29, 1.82) is 0 Å². The molecule has 3 aromatic heterocycles. The van der Waals surface area contributed by atoms with Crippen LogP contribution < -0.4 is 10.9 Å². The van der Waals surface area contributed by atoms with Gasteiger partial charge in [0, 0.05) is 24.2 Å². The number of aromatic nitrogens is 3. The Morgan fingerprint density at radius 2 is 1.64 bits per heavy atom. The monoisotopic (exact) mass is 389 g/mol. The van der Waals surface area contributed by atoms with E-state index in [0.717, 1.165) is 10.6 Å². The van der Waals surface area contributed by atoms with Gasteiger partial charge in [0.2, 0.25) is 0 Å². The zero-order valence-electron chi connectivity index (χ0n) is 14.6. The maximum absolute atomic E-state index is 12.8. The largest absolute Gasteiger partial charge is 0.273 e. The van der Waals surface area contributed by atoms with E-state index in [9.17, 15) is 9.59 Å². The number of benzene rings is 1. The lowest BCUT2D eigenvalue weighted by Gasteiger charge is -2.06. The number of nitrogens with one attached hydrogen (secondary N) is 2. The average molecular weight is 389 g/mol. The van der Waals surface area contributed by atoms with Crippen LogP contribution in [-0.2, 0) is 0 Å². The van der Waals surface area contributed by atoms with Gasteiger partial charge < -0.3 is 0 Å². The van der Waals surface area contributed by atoms with Crippen molar-refractivity contribution in [3.05, 3.63) is 89.7 Å². The lowest BCUT2D eigenvalue weighted by molar-refractivity contribution is 0.0847. The van der Waals surface area contributed by atoms with Gasteiger partial charge in [0.25, 0.3) is 11.8 Å². The van der Waals surface area contributed by atoms with Crippen molar-refractivity contribution < 1.29 is 9.59 Å². The van der Waals surface area contributed by atoms with E-state index in [1.165, 1.54) is 23.7 Å². The molecule has 0 unspecified atom stereocenters. The second-order valence-electron chi connectivity index (χ2n) is 5.79. The number of pyridine rings is 1. The van der Waals surface area contributed by atoms with Crippen LogP contribution in [0.4, 0.5) is 0 Å². The molecular weight excluding hydrogens is 374 g/mol. The fraction of sp³-hybridized carbons (Fsp3) is 0. The first-order chi connectivity index (χ1) is 13.7. The minimum atomic E-state index is -0.451. The Balaban J connectivity index is 1.60. The molecule has 2 N–H and O–H groups in total. The second-order valence-corrected chi connectivity index (χ2v) is 6.74. The summed E-state index contributed by atoms with van der Waals surface area (Å²) in [6.07, 6.45) is 4.67. The van der Waals surface area contributed by atoms with Crippen LogP contribution >= 0.6 is 11.3 Å². The third kappa shape index (κ3) is 3.67. The zero-order valence-corrected chi connectivity index (χ0v) is 15.4. The van der Waals surface area contributed by atoms with Gasteiger partial charge in [-0.1, -0.05) is 24.3 Å². The first-order valence-electron chi connectivity index (χ1n) is 8.42. The van der Waals surface area contributed by atoms with E-state index in [1.807, 2.05) is 47.8 Å². The number of rotatable bonds is 4. The summed E-state index contributed by atoms with van der Waals surface area (Å²) in [6.45, 7) is 0. The molecule has 0 bridgehead atoms. The standard InChI is InChI=1S/C20H15N5O2S/c26-19(14-8-10-21-11-9-14)22-23-20(27)16-13-25(15-5-2-1-3-6-15)24-18(16)17-7-4-12-28-17/h1-13H,(H,22,26)(H,23,27). The van der Waals surface area contributed by atoms with E-state index in [1.54, 1.807) is 23.0 Å². The molecule has 3 heterocycles. The Labute approximate surface area is 164 Å². The first kappa shape index (κ1) is 17.6. The van der Waals surface area contributed by atoms with Crippen molar-refractivity contribution >= 4 is 23.2 Å². The number of carbonyl (C=O) groups excluding carboxylic acids is 2. The predicted molar refractivity (Wildman–Crippen MR) is 106 cm³/mol. The van der Waals surface area contributed by atoms with Crippen LogP contribution in [0.25, 0.3) is 16.3 Å². The van der Waals surface area contributed by atoms with Crippen LogP contribution in [0.1, 0.15) is 20.7 Å². The van der Waals surface area contributed by atoms with Crippen molar-refractivity contribution in [3.8, 4) is 16.3 Å². The zero-order chi connectivity index (χ0) is 19.3. The molecule has 8 heteroatoms. The van der Waals surface area contributed by atoms with Gasteiger partial charge in [-0.3, -0.25) is 25.4 Å². The number of para-hydroxylation sites is 1. The van der Waals surface area contributed by atoms with Gasteiger partial charge in [-0.25, -0.2) is 4.68 Å². The molecule has 2 amide bonds. The number of amides is 2. The topological polar surface area (TPSA) is 88.9 Å². The summed E-state index contributed by atoms with van der Waals surface area (Å²) in [6, 6.07) is 16.4. The number of hydrogen-bond donors (Lipinski definition) is 2. The summed E-state index contributed by atoms with van der Waals surface area (Å²) in [5.74, 6) is -0.878. The molecule has 7 nitrogen and oxygen atoms in total. The maximum atomic E-state index is 12.8. The molecular formula is C20H15N5O2S. The summed E-state index contributed by atoms with van der Waals surface area (Å²) < 4.78 is 1.65. The highest BCUT2D eigenvalue weighted by Crippen LogP contribution is 2.27. The van der Waals surface area contributed by atoms with Gasteiger partial charge in [-0.15, -0.1) is 11.3 Å². The highest BCUT2D eigenvalue weighted by molar-refractivity contribution is 7.13. The highest BCUT2D eigenvalue weighted by atomic mass is 32.1. The van der Waals surface area contributed by atoms with Crippen molar-refractivity contribution in [2.24, 2.45) is 0 Å². The van der Waals surface area contributed by atoms with Crippen LogP contribution in [0.2, 0.25) is 0 Å². The van der Waals surface area contributed by atoms with Gasteiger partial charge in [0.15, 0.2) is 0 Å². The Morgan fingerprint density at radius 1 is 0.893 bits per heavy atom. The summed E-state index contributed by atoms with van der Waals surface area (Å²) in [5, 5.41) is 6.49. The van der Waals surface area contributed by atoms with E-state index < -0.39 is 11.8 Å². The number of hydrogen-bond acceptors (Lipinski definition) is 5. The van der Waals surface area contributed by atoms with Gasteiger partial charge in [0.05, 0.1) is 16.1 Å². The van der Waals surface area contributed by atoms with Crippen LogP contribution in [0.5, 0.6) is 0 Å². The lowest BCUT2D eigenvalue weighted by Crippen LogP contribution is -2.41. The molecule has 138 valence electrons. The van der Waals surface area contributed by atoms with Gasteiger partial charge >= 0.3 is 0 Å². The van der Waals surface area contributed by atoms with Gasteiger partial charge in [-0.05, 0) is 35.7 Å². The molecule has 4 aromatic rings. The smallest absolute Gasteiger partial charge is 0.267 e. The third-order valence-electron chi connectivity index (χ3n) is 3.97. The number of hydrazine groups is 1. The molecule has 0 aliphatic rings. The van der Waals surface area contributed by atoms with Crippen molar-refractivity contribution in [2.45, 2.75) is 0 Å². The Kier molecular flexibility index (Phi) is 4.94. The average Bonchev–Trinajstić information content (AvgIpc) is 3.43. The molecule has 0 saturated carbocycles. The number of nitrogens with zero attached hydrogens (tertiary/aromatic N) is 3. The normalized spacial score (nSPS) is 10.4. The van der Waals surface area contributed by atoms with E-state index >= 15 is 0 Å². The molecule has 0 aliphatic carbocycles. The highest BCUT2D eigenvalue weighted by Gasteiger charge is 2.20. The minimum Gasteiger partial charge on any atom is -0.267 e. The van der Waals surface area contributed by atoms with E-state index in [2.05, 4.69) is 20.9 Å². The predicted octanol–water partition coefficient (Wildman–Crippen LogP) is 3.07. The SMILES string of the molecule is O=C(NNC(=O)c1cn(-c2ccccc2)nc1-c1cccs1)c1ccncc1. The Hall–Kier alpha value is -3.78. The van der Waals surface area contributed by atoms with Crippen molar-refractivity contribution in [2.75, 3.05) is 0 Å². The van der Waals surface area contributed by atoms with Crippen LogP contribution in [0.3, 0.4) is 0 Å². The quantitative estimate of drug-likeness (QED) is 0.525. The summed E-state index contributed by atoms with van der Waals surface area (Å²) >= 11 is 1.49. The second kappa shape index (κ2) is 7.85. The Bertz CT molecular complexity index is 1090. The third-order valence-corrected chi connectivity index (χ3v) is 4.84. The first-order valence-corrected chi connectivity index (χ1v) is 9.30. The Morgan fingerprint density at radius 3 is 2.36 bits per heavy atom. The molecule has 4 rings (SSSR count). The molecule has 0 aliphatic heterocycles. The summed E-state index contributed by atoms with van der Waals surface area (Å²) in [7, 11) is 0. The van der Waals surface area contributed by atoms with E-state index in [-0.39, 0.29) is 0 Å². The lowest BCUT2D eigenvalue weighted by atomic mass is 10.2. The fourth-order valence-corrected chi connectivity index (χ4v) is 3.33. The van der Waals surface area contributed by atoms with Crippen molar-refractivity contribution in [1.82, 2.24) is 25.6 Å². The van der Waals surface area contributed by atoms with Gasteiger partial charge in [0.1, 0.15) is 5.69 Å². The van der Waals surface area contributed by atoms with Crippen LogP contribution in [-0.4, -0.2) is 26.6 Å². The maximum Gasteiger partial charge on any atom is 0.273 e. The number of carbonyl (C=O) groups is 2. The molecule has 1 aromatic carbocycles. The van der Waals surface area contributed by atoms with Gasteiger partial charge in [-0.2, -0.15) is 5.10 Å². The van der Waals surface area contributed by atoms with E-state index in [4.69, 9.17) is 0 Å². The molecule has 0 fully saturated rings. The molecule has 0 atom stereocenters. The minimum absolute atomic E-state index is 0.362. The molecule has 28 heavy (non-hydrogen) atoms. The molecule has 0 radical (unpaired) electrons.